The van der Waals surface area contributed by atoms with Gasteiger partial charge in [-0.15, -0.1) is 0 Å². The van der Waals surface area contributed by atoms with Crippen LogP contribution in [0.15, 0.2) is 54.6 Å². The molecule has 1 fully saturated rings. The van der Waals surface area contributed by atoms with Crippen LogP contribution >= 0.6 is 0 Å². The Balaban J connectivity index is 1.74. The van der Waals surface area contributed by atoms with E-state index in [2.05, 4.69) is 43.0 Å². The van der Waals surface area contributed by atoms with Crippen LogP contribution in [0.2, 0.25) is 0 Å². The van der Waals surface area contributed by atoms with Crippen molar-refractivity contribution in [3.05, 3.63) is 71.3 Å². The summed E-state index contributed by atoms with van der Waals surface area (Å²) in [5.74, 6) is -0.316. The molecule has 4 heteroatoms. The molecule has 3 rings (SSSR count). The first-order chi connectivity index (χ1) is 12.1. The summed E-state index contributed by atoms with van der Waals surface area (Å²) in [7, 11) is 1.39. The Morgan fingerprint density at radius 3 is 2.44 bits per heavy atom. The van der Waals surface area contributed by atoms with Crippen molar-refractivity contribution >= 4 is 5.97 Å². The van der Waals surface area contributed by atoms with Crippen molar-refractivity contribution in [3.63, 3.8) is 0 Å². The third kappa shape index (κ3) is 4.09. The molecule has 0 aliphatic carbocycles. The average Bonchev–Trinajstić information content (AvgIpc) is 2.65. The van der Waals surface area contributed by atoms with Gasteiger partial charge in [0.1, 0.15) is 0 Å². The molecule has 3 atom stereocenters. The molecule has 0 radical (unpaired) electrons. The van der Waals surface area contributed by atoms with E-state index < -0.39 is 0 Å². The summed E-state index contributed by atoms with van der Waals surface area (Å²) in [5.41, 5.74) is 2.96. The lowest BCUT2D eigenvalue weighted by Crippen LogP contribution is -2.49. The van der Waals surface area contributed by atoms with Gasteiger partial charge in [0, 0.05) is 19.1 Å². The molecular weight excluding hydrogens is 314 g/mol. The Morgan fingerprint density at radius 2 is 1.80 bits per heavy atom. The van der Waals surface area contributed by atoms with Gasteiger partial charge in [-0.1, -0.05) is 42.5 Å². The van der Waals surface area contributed by atoms with Crippen molar-refractivity contribution in [3.8, 4) is 0 Å². The summed E-state index contributed by atoms with van der Waals surface area (Å²) in [6.45, 7) is 6.08. The summed E-state index contributed by atoms with van der Waals surface area (Å²) in [5, 5.41) is 0. The summed E-state index contributed by atoms with van der Waals surface area (Å²) in [4.78, 5) is 14.1. The third-order valence-corrected chi connectivity index (χ3v) is 4.97. The van der Waals surface area contributed by atoms with Gasteiger partial charge in [0.2, 0.25) is 0 Å². The molecule has 0 saturated carbocycles. The van der Waals surface area contributed by atoms with E-state index in [1.807, 2.05) is 18.2 Å². The number of methoxy groups -OCH3 is 1. The van der Waals surface area contributed by atoms with Gasteiger partial charge in [-0.05, 0) is 37.1 Å². The highest BCUT2D eigenvalue weighted by Crippen LogP contribution is 2.30. The van der Waals surface area contributed by atoms with Gasteiger partial charge in [-0.3, -0.25) is 4.90 Å². The van der Waals surface area contributed by atoms with Gasteiger partial charge in [-0.2, -0.15) is 0 Å². The van der Waals surface area contributed by atoms with E-state index in [-0.39, 0.29) is 18.2 Å². The zero-order chi connectivity index (χ0) is 17.8. The number of carbonyl (C=O) groups excluding carboxylic acids is 1. The Hall–Kier alpha value is -2.17. The molecule has 0 spiro atoms. The maximum absolute atomic E-state index is 11.6. The van der Waals surface area contributed by atoms with Crippen LogP contribution in [-0.2, 0) is 16.0 Å². The number of nitrogens with zero attached hydrogens (tertiary/aromatic N) is 1. The number of benzene rings is 2. The summed E-state index contributed by atoms with van der Waals surface area (Å²) < 4.78 is 11.0. The molecule has 0 aromatic heterocycles. The predicted molar refractivity (Wildman–Crippen MR) is 97.4 cm³/mol. The van der Waals surface area contributed by atoms with Crippen molar-refractivity contribution in [2.24, 2.45) is 0 Å². The van der Waals surface area contributed by atoms with Crippen LogP contribution in [0.4, 0.5) is 0 Å². The molecule has 1 aliphatic rings. The highest BCUT2D eigenvalue weighted by molar-refractivity contribution is 5.89. The summed E-state index contributed by atoms with van der Waals surface area (Å²) in [6, 6.07) is 18.4. The number of hydrogen-bond acceptors (Lipinski definition) is 4. The van der Waals surface area contributed by atoms with Crippen LogP contribution in [-0.4, -0.2) is 36.7 Å². The van der Waals surface area contributed by atoms with E-state index in [1.165, 1.54) is 12.7 Å². The monoisotopic (exact) mass is 339 g/mol. The van der Waals surface area contributed by atoms with Crippen LogP contribution in [0, 0.1) is 0 Å². The minimum Gasteiger partial charge on any atom is -0.465 e. The number of morpholine rings is 1. The van der Waals surface area contributed by atoms with Crippen LogP contribution < -0.4 is 0 Å². The van der Waals surface area contributed by atoms with Crippen molar-refractivity contribution in [2.45, 2.75) is 38.6 Å². The van der Waals surface area contributed by atoms with Gasteiger partial charge < -0.3 is 9.47 Å². The maximum Gasteiger partial charge on any atom is 0.337 e. The molecule has 0 N–H and O–H groups in total. The molecule has 25 heavy (non-hydrogen) atoms. The Bertz CT molecular complexity index is 699. The second-order valence-electron chi connectivity index (χ2n) is 6.60. The lowest BCUT2D eigenvalue weighted by molar-refractivity contribution is -0.112. The van der Waals surface area contributed by atoms with Crippen LogP contribution in [0.1, 0.15) is 41.4 Å². The first kappa shape index (κ1) is 17.6. The summed E-state index contributed by atoms with van der Waals surface area (Å²) >= 11 is 0. The van der Waals surface area contributed by atoms with E-state index >= 15 is 0 Å². The van der Waals surface area contributed by atoms with E-state index in [4.69, 9.17) is 9.47 Å². The van der Waals surface area contributed by atoms with Gasteiger partial charge in [0.25, 0.3) is 0 Å². The number of esters is 1. The second kappa shape index (κ2) is 7.81. The van der Waals surface area contributed by atoms with Gasteiger partial charge in [0.05, 0.1) is 24.9 Å². The Morgan fingerprint density at radius 1 is 1.12 bits per heavy atom. The molecule has 0 amide bonds. The average molecular weight is 339 g/mol. The highest BCUT2D eigenvalue weighted by atomic mass is 16.5. The number of carbonyl (C=O) groups is 1. The van der Waals surface area contributed by atoms with Gasteiger partial charge in [-0.25, -0.2) is 4.79 Å². The molecule has 2 aromatic carbocycles. The molecular formula is C21H25NO3. The molecule has 2 aromatic rings. The number of rotatable bonds is 4. The maximum atomic E-state index is 11.6. The topological polar surface area (TPSA) is 38.8 Å². The molecule has 0 bridgehead atoms. The number of ether oxygens (including phenoxy) is 2. The van der Waals surface area contributed by atoms with Gasteiger partial charge in [0.15, 0.2) is 0 Å². The second-order valence-corrected chi connectivity index (χ2v) is 6.60. The third-order valence-electron chi connectivity index (χ3n) is 4.97. The molecule has 1 heterocycles. The zero-order valence-electron chi connectivity index (χ0n) is 15.0. The van der Waals surface area contributed by atoms with E-state index in [9.17, 15) is 4.79 Å². The normalized spacial score (nSPS) is 24.0. The van der Waals surface area contributed by atoms with E-state index in [0.717, 1.165) is 18.7 Å². The fourth-order valence-corrected chi connectivity index (χ4v) is 3.25. The Labute approximate surface area is 149 Å². The van der Waals surface area contributed by atoms with Gasteiger partial charge >= 0.3 is 5.97 Å². The van der Waals surface area contributed by atoms with E-state index in [1.54, 1.807) is 12.1 Å². The fraction of sp³-hybridized carbons (Fsp3) is 0.381. The Kier molecular flexibility index (Phi) is 5.51. The minimum atomic E-state index is -0.316. The molecule has 4 nitrogen and oxygen atoms in total. The van der Waals surface area contributed by atoms with Crippen LogP contribution in [0.25, 0.3) is 0 Å². The largest absolute Gasteiger partial charge is 0.465 e. The zero-order valence-corrected chi connectivity index (χ0v) is 15.0. The lowest BCUT2D eigenvalue weighted by atomic mass is 10.0. The molecule has 132 valence electrons. The van der Waals surface area contributed by atoms with Crippen molar-refractivity contribution < 1.29 is 14.3 Å². The molecule has 1 aliphatic heterocycles. The van der Waals surface area contributed by atoms with Crippen molar-refractivity contribution in [1.82, 2.24) is 4.90 Å². The van der Waals surface area contributed by atoms with Crippen molar-refractivity contribution in [1.29, 1.82) is 0 Å². The first-order valence-corrected chi connectivity index (χ1v) is 8.70. The standard InChI is InChI=1S/C21H25NO3/c1-15-16(2)25-20(14-22(15)13-17-7-5-4-6-8-17)18-9-11-19(12-10-18)21(23)24-3/h4-12,15-16,20H,13-14H2,1-3H3. The highest BCUT2D eigenvalue weighted by Gasteiger charge is 2.32. The SMILES string of the molecule is COC(=O)c1ccc(C2CN(Cc3ccccc3)C(C)C(C)O2)cc1. The molecule has 1 saturated heterocycles. The first-order valence-electron chi connectivity index (χ1n) is 8.70. The minimum absolute atomic E-state index is 0.00149. The van der Waals surface area contributed by atoms with Crippen molar-refractivity contribution in [2.75, 3.05) is 13.7 Å². The van der Waals surface area contributed by atoms with Crippen LogP contribution in [0.3, 0.4) is 0 Å². The summed E-state index contributed by atoms with van der Waals surface area (Å²) in [6.07, 6.45) is 0.143. The quantitative estimate of drug-likeness (QED) is 0.794. The molecule has 3 unspecified atom stereocenters. The van der Waals surface area contributed by atoms with E-state index in [0.29, 0.717) is 11.6 Å². The van der Waals surface area contributed by atoms with Crippen LogP contribution in [0.5, 0.6) is 0 Å². The number of hydrogen-bond donors (Lipinski definition) is 0. The predicted octanol–water partition coefficient (Wildman–Crippen LogP) is 3.82. The smallest absolute Gasteiger partial charge is 0.337 e. The fourth-order valence-electron chi connectivity index (χ4n) is 3.25. The lowest BCUT2D eigenvalue weighted by Gasteiger charge is -2.42.